The topological polar surface area (TPSA) is 77.8 Å². The number of carboxylic acid groups (broad SMARTS) is 1. The molecule has 2 fully saturated rings. The number of benzene rings is 1. The SMILES string of the molecule is O=C(O)CC1CC2CCC(C1)N2C(=O)c1cccc(O)c1. The first-order valence-corrected chi connectivity index (χ1v) is 7.38. The number of nitrogens with zero attached hydrogens (tertiary/aromatic N) is 1. The van der Waals surface area contributed by atoms with E-state index < -0.39 is 5.97 Å². The van der Waals surface area contributed by atoms with Crippen LogP contribution >= 0.6 is 0 Å². The number of rotatable bonds is 3. The Hall–Kier alpha value is -2.04. The Morgan fingerprint density at radius 3 is 2.43 bits per heavy atom. The molecule has 5 heteroatoms. The van der Waals surface area contributed by atoms with Gasteiger partial charge in [-0.25, -0.2) is 0 Å². The van der Waals surface area contributed by atoms with E-state index in [4.69, 9.17) is 5.11 Å². The van der Waals surface area contributed by atoms with Crippen LogP contribution in [0.5, 0.6) is 5.75 Å². The van der Waals surface area contributed by atoms with Gasteiger partial charge in [0.15, 0.2) is 0 Å². The molecule has 2 heterocycles. The minimum atomic E-state index is -0.757. The number of phenols is 1. The van der Waals surface area contributed by atoms with Crippen LogP contribution in [0.15, 0.2) is 24.3 Å². The molecule has 21 heavy (non-hydrogen) atoms. The third-order valence-electron chi connectivity index (χ3n) is 4.62. The number of amides is 1. The summed E-state index contributed by atoms with van der Waals surface area (Å²) in [5, 5.41) is 18.4. The molecule has 2 N–H and O–H groups in total. The fraction of sp³-hybridized carbons (Fsp3) is 0.500. The highest BCUT2D eigenvalue weighted by molar-refractivity contribution is 5.95. The van der Waals surface area contributed by atoms with Crippen molar-refractivity contribution in [2.75, 3.05) is 0 Å². The molecule has 0 saturated carbocycles. The minimum absolute atomic E-state index is 0.0489. The van der Waals surface area contributed by atoms with Gasteiger partial charge in [0.25, 0.3) is 5.91 Å². The van der Waals surface area contributed by atoms with Gasteiger partial charge in [-0.1, -0.05) is 6.07 Å². The molecule has 0 spiro atoms. The third kappa shape index (κ3) is 2.73. The summed E-state index contributed by atoms with van der Waals surface area (Å²) in [5.41, 5.74) is 0.503. The summed E-state index contributed by atoms with van der Waals surface area (Å²) in [6, 6.07) is 6.70. The lowest BCUT2D eigenvalue weighted by Gasteiger charge is -2.38. The molecule has 2 atom stereocenters. The molecule has 2 bridgehead atoms. The van der Waals surface area contributed by atoms with Crippen molar-refractivity contribution in [3.8, 4) is 5.75 Å². The average molecular weight is 289 g/mol. The number of hydrogen-bond acceptors (Lipinski definition) is 3. The van der Waals surface area contributed by atoms with Crippen LogP contribution in [0.1, 0.15) is 42.5 Å². The van der Waals surface area contributed by atoms with E-state index in [2.05, 4.69) is 0 Å². The maximum Gasteiger partial charge on any atom is 0.303 e. The van der Waals surface area contributed by atoms with Crippen LogP contribution in [0.3, 0.4) is 0 Å². The standard InChI is InChI=1S/C16H19NO4/c18-14-3-1-2-11(9-14)16(21)17-12-4-5-13(17)7-10(6-12)8-15(19)20/h1-3,9-10,12-13,18H,4-8H2,(H,19,20). The van der Waals surface area contributed by atoms with Gasteiger partial charge >= 0.3 is 5.97 Å². The quantitative estimate of drug-likeness (QED) is 0.894. The summed E-state index contributed by atoms with van der Waals surface area (Å²) >= 11 is 0. The first kappa shape index (κ1) is 13.9. The van der Waals surface area contributed by atoms with Gasteiger partial charge in [0.05, 0.1) is 0 Å². The first-order chi connectivity index (χ1) is 10.0. The maximum atomic E-state index is 12.6. The van der Waals surface area contributed by atoms with Crippen molar-refractivity contribution in [1.82, 2.24) is 4.90 Å². The van der Waals surface area contributed by atoms with Crippen molar-refractivity contribution in [2.45, 2.75) is 44.2 Å². The van der Waals surface area contributed by atoms with E-state index in [1.807, 2.05) is 4.90 Å². The van der Waals surface area contributed by atoms with E-state index in [0.717, 1.165) is 25.7 Å². The van der Waals surface area contributed by atoms with E-state index in [9.17, 15) is 14.7 Å². The number of aromatic hydroxyl groups is 1. The Bertz CT molecular complexity index is 557. The predicted molar refractivity (Wildman–Crippen MR) is 76.1 cm³/mol. The Morgan fingerprint density at radius 1 is 1.19 bits per heavy atom. The molecular weight excluding hydrogens is 270 g/mol. The Balaban J connectivity index is 1.76. The minimum Gasteiger partial charge on any atom is -0.508 e. The van der Waals surface area contributed by atoms with Gasteiger partial charge in [-0.15, -0.1) is 0 Å². The highest BCUT2D eigenvalue weighted by Gasteiger charge is 2.43. The number of phenolic OH excluding ortho intramolecular Hbond substituents is 1. The highest BCUT2D eigenvalue weighted by atomic mass is 16.4. The van der Waals surface area contributed by atoms with Crippen LogP contribution in [-0.2, 0) is 4.79 Å². The number of aliphatic carboxylic acids is 1. The highest BCUT2D eigenvalue weighted by Crippen LogP contribution is 2.40. The molecule has 2 saturated heterocycles. The average Bonchev–Trinajstić information content (AvgIpc) is 2.69. The van der Waals surface area contributed by atoms with Gasteiger partial charge in [0, 0.05) is 24.1 Å². The van der Waals surface area contributed by atoms with Crippen molar-refractivity contribution in [3.05, 3.63) is 29.8 Å². The number of carbonyl (C=O) groups excluding carboxylic acids is 1. The Kier molecular flexibility index (Phi) is 3.57. The molecular formula is C16H19NO4. The molecule has 2 aliphatic rings. The van der Waals surface area contributed by atoms with Crippen LogP contribution in [0.4, 0.5) is 0 Å². The number of piperidine rings is 1. The van der Waals surface area contributed by atoms with Crippen LogP contribution in [0.2, 0.25) is 0 Å². The zero-order chi connectivity index (χ0) is 15.0. The van der Waals surface area contributed by atoms with Crippen LogP contribution in [-0.4, -0.2) is 39.1 Å². The van der Waals surface area contributed by atoms with Gasteiger partial charge in [0.2, 0.25) is 0 Å². The lowest BCUT2D eigenvalue weighted by atomic mass is 9.88. The molecule has 0 aliphatic carbocycles. The molecule has 2 aliphatic heterocycles. The molecule has 0 aromatic heterocycles. The number of hydrogen-bond donors (Lipinski definition) is 2. The van der Waals surface area contributed by atoms with Crippen LogP contribution in [0, 0.1) is 5.92 Å². The molecule has 0 radical (unpaired) electrons. The zero-order valence-electron chi connectivity index (χ0n) is 11.7. The summed E-state index contributed by atoms with van der Waals surface area (Å²) in [6.45, 7) is 0. The summed E-state index contributed by atoms with van der Waals surface area (Å²) in [6.07, 6.45) is 3.64. The van der Waals surface area contributed by atoms with Gasteiger partial charge < -0.3 is 15.1 Å². The molecule has 5 nitrogen and oxygen atoms in total. The van der Waals surface area contributed by atoms with E-state index in [1.54, 1.807) is 18.2 Å². The summed E-state index contributed by atoms with van der Waals surface area (Å²) in [5.74, 6) is -0.540. The summed E-state index contributed by atoms with van der Waals surface area (Å²) in [7, 11) is 0. The van der Waals surface area contributed by atoms with Crippen LogP contribution < -0.4 is 0 Å². The van der Waals surface area contributed by atoms with Crippen LogP contribution in [0.25, 0.3) is 0 Å². The molecule has 1 aromatic rings. The monoisotopic (exact) mass is 289 g/mol. The fourth-order valence-electron chi connectivity index (χ4n) is 3.82. The molecule has 112 valence electrons. The largest absolute Gasteiger partial charge is 0.508 e. The van der Waals surface area contributed by atoms with Crippen molar-refractivity contribution in [1.29, 1.82) is 0 Å². The van der Waals surface area contributed by atoms with E-state index in [0.29, 0.717) is 5.56 Å². The van der Waals surface area contributed by atoms with E-state index >= 15 is 0 Å². The summed E-state index contributed by atoms with van der Waals surface area (Å²) < 4.78 is 0. The summed E-state index contributed by atoms with van der Waals surface area (Å²) in [4.78, 5) is 25.4. The number of fused-ring (bicyclic) bond motifs is 2. The van der Waals surface area contributed by atoms with Gasteiger partial charge in [0.1, 0.15) is 5.75 Å². The van der Waals surface area contributed by atoms with Gasteiger partial charge in [-0.3, -0.25) is 9.59 Å². The van der Waals surface area contributed by atoms with Crippen molar-refractivity contribution < 1.29 is 19.8 Å². The number of carboxylic acids is 1. The van der Waals surface area contributed by atoms with Gasteiger partial charge in [-0.05, 0) is 49.8 Å². The Labute approximate surface area is 123 Å². The number of carbonyl (C=O) groups is 2. The first-order valence-electron chi connectivity index (χ1n) is 7.38. The third-order valence-corrected chi connectivity index (χ3v) is 4.62. The molecule has 2 unspecified atom stereocenters. The van der Waals surface area contributed by atoms with Crippen molar-refractivity contribution in [3.63, 3.8) is 0 Å². The molecule has 3 rings (SSSR count). The van der Waals surface area contributed by atoms with Gasteiger partial charge in [-0.2, -0.15) is 0 Å². The van der Waals surface area contributed by atoms with E-state index in [-0.39, 0.29) is 36.1 Å². The van der Waals surface area contributed by atoms with E-state index in [1.165, 1.54) is 6.07 Å². The zero-order valence-corrected chi connectivity index (χ0v) is 11.7. The fourth-order valence-corrected chi connectivity index (χ4v) is 3.82. The predicted octanol–water partition coefficient (Wildman–Crippen LogP) is 2.25. The second-order valence-corrected chi connectivity index (χ2v) is 6.08. The maximum absolute atomic E-state index is 12.6. The molecule has 1 amide bonds. The Morgan fingerprint density at radius 2 is 1.86 bits per heavy atom. The second kappa shape index (κ2) is 5.39. The lowest BCUT2D eigenvalue weighted by Crippen LogP contribution is -2.46. The van der Waals surface area contributed by atoms with Crippen molar-refractivity contribution in [2.24, 2.45) is 5.92 Å². The second-order valence-electron chi connectivity index (χ2n) is 6.08. The normalized spacial score (nSPS) is 27.6. The molecule has 1 aromatic carbocycles. The lowest BCUT2D eigenvalue weighted by molar-refractivity contribution is -0.138. The smallest absolute Gasteiger partial charge is 0.303 e. The van der Waals surface area contributed by atoms with Crippen molar-refractivity contribution >= 4 is 11.9 Å².